The third-order valence-electron chi connectivity index (χ3n) is 16.7. The summed E-state index contributed by atoms with van der Waals surface area (Å²) in [7, 11) is 0. The largest absolute Gasteiger partial charge is 0.375 e. The molecule has 3 saturated heterocycles. The van der Waals surface area contributed by atoms with Gasteiger partial charge in [0.25, 0.3) is 0 Å². The molecule has 0 saturated carbocycles. The lowest BCUT2D eigenvalue weighted by molar-refractivity contribution is 0.200. The van der Waals surface area contributed by atoms with Gasteiger partial charge >= 0.3 is 0 Å². The van der Waals surface area contributed by atoms with Crippen molar-refractivity contribution < 1.29 is 0 Å². The summed E-state index contributed by atoms with van der Waals surface area (Å²) in [5.74, 6) is 0. The van der Waals surface area contributed by atoms with Crippen LogP contribution in [0.15, 0.2) is 121 Å². The third kappa shape index (κ3) is 42.4. The molecule has 552 valence electrons. The zero-order chi connectivity index (χ0) is 71.8. The minimum Gasteiger partial charge on any atom is -0.375 e. The number of nitrogens with one attached hydrogen (secondary N) is 4. The smallest absolute Gasteiger partial charge is 0.0948 e. The summed E-state index contributed by atoms with van der Waals surface area (Å²) in [5, 5.41) is 21.0. The normalized spacial score (nSPS) is 17.7. The Kier molecular flexibility index (Phi) is 49.3. The number of hydrazone groups is 1. The Bertz CT molecular complexity index is 2060. The molecule has 9 aliphatic rings. The minimum absolute atomic E-state index is 0.491. The van der Waals surface area contributed by atoms with Crippen molar-refractivity contribution in [2.45, 2.75) is 271 Å². The van der Waals surface area contributed by atoms with Crippen LogP contribution in [0.2, 0.25) is 0 Å². The average molecular weight is 1340 g/mol. The second-order valence-electron chi connectivity index (χ2n) is 28.6. The molecule has 3 fully saturated rings. The van der Waals surface area contributed by atoms with Crippen molar-refractivity contribution in [2.75, 3.05) is 98.4 Å². The molecule has 0 aromatic carbocycles. The van der Waals surface area contributed by atoms with Crippen molar-refractivity contribution in [3.05, 3.63) is 111 Å². The first-order valence-corrected chi connectivity index (χ1v) is 37.1. The van der Waals surface area contributed by atoms with Gasteiger partial charge in [0.2, 0.25) is 0 Å². The summed E-state index contributed by atoms with van der Waals surface area (Å²) in [4.78, 5) is 22.2. The highest BCUT2D eigenvalue weighted by Gasteiger charge is 2.16. The molecule has 3 aromatic heterocycles. The van der Waals surface area contributed by atoms with Gasteiger partial charge in [-0.25, -0.2) is 15.4 Å². The molecule has 0 spiro atoms. The molecule has 0 atom stereocenters. The molecule has 20 nitrogen and oxygen atoms in total. The highest BCUT2D eigenvalue weighted by atomic mass is 15.5. The fraction of sp³-hybridized carbons (Fsp3) is 0.737. The van der Waals surface area contributed by atoms with Gasteiger partial charge in [0.15, 0.2) is 0 Å². The quantitative estimate of drug-likeness (QED) is 0.128. The van der Waals surface area contributed by atoms with E-state index in [0.29, 0.717) is 66.5 Å². The second-order valence-corrected chi connectivity index (χ2v) is 28.6. The van der Waals surface area contributed by atoms with E-state index in [0.717, 1.165) is 78.2 Å². The lowest BCUT2D eigenvalue weighted by atomic mass is 10.3. The maximum absolute atomic E-state index is 4.14. The van der Waals surface area contributed by atoms with Crippen LogP contribution in [-0.4, -0.2) is 234 Å². The van der Waals surface area contributed by atoms with E-state index in [9.17, 15) is 0 Å². The SMILES string of the molecule is CC(C)N1C=CCC1.CC(C)N1C=CCN1.CC(C)N1C=CNC1.CC(C)N1C=NCC1.CC(C)N1CC=CC1.CC(C)N1CCC=N1.CC(C)N1CCCC1.CC(C)N1CCCN1.CC(C)N1CCNC1.CC(C)n1cccc1.CC(C)n1cccn1.CC(C)n1ccnc1. The number of hydrazine groups is 2. The molecule has 0 unspecified atom stereocenters. The molecule has 0 radical (unpaired) electrons. The second kappa shape index (κ2) is 53.5. The van der Waals surface area contributed by atoms with Crippen LogP contribution in [0.4, 0.5) is 0 Å². The molecule has 0 aliphatic carbocycles. The lowest BCUT2D eigenvalue weighted by Crippen LogP contribution is -2.36. The summed E-state index contributed by atoms with van der Waals surface area (Å²) in [5.41, 5.74) is 6.47. The van der Waals surface area contributed by atoms with Crippen LogP contribution >= 0.6 is 0 Å². The fourth-order valence-corrected chi connectivity index (χ4v) is 9.96. The van der Waals surface area contributed by atoms with E-state index in [2.05, 4.69) is 317 Å². The predicted octanol–water partition coefficient (Wildman–Crippen LogP) is 13.5. The summed E-state index contributed by atoms with van der Waals surface area (Å²) in [6.45, 7) is 69.6. The number of hydrogen-bond donors (Lipinski definition) is 4. The van der Waals surface area contributed by atoms with Crippen molar-refractivity contribution in [1.29, 1.82) is 0 Å². The van der Waals surface area contributed by atoms with Crippen molar-refractivity contribution in [2.24, 2.45) is 10.1 Å². The van der Waals surface area contributed by atoms with E-state index in [4.69, 9.17) is 0 Å². The maximum Gasteiger partial charge on any atom is 0.0948 e. The topological polar surface area (TPSA) is 143 Å². The van der Waals surface area contributed by atoms with Gasteiger partial charge in [0.1, 0.15) is 0 Å². The van der Waals surface area contributed by atoms with Crippen LogP contribution < -0.4 is 21.5 Å². The molecular weight excluding hydrogens is 1190 g/mol. The van der Waals surface area contributed by atoms with Crippen LogP contribution in [0.5, 0.6) is 0 Å². The fourth-order valence-electron chi connectivity index (χ4n) is 9.96. The van der Waals surface area contributed by atoms with Gasteiger partial charge < -0.3 is 44.4 Å². The van der Waals surface area contributed by atoms with E-state index in [-0.39, 0.29) is 0 Å². The third-order valence-corrected chi connectivity index (χ3v) is 16.7. The molecule has 12 rings (SSSR count). The Morgan fingerprint density at radius 1 is 0.417 bits per heavy atom. The molecule has 3 aromatic rings. The Morgan fingerprint density at radius 3 is 1.30 bits per heavy atom. The van der Waals surface area contributed by atoms with Crippen LogP contribution in [0, 0.1) is 0 Å². The van der Waals surface area contributed by atoms with Gasteiger partial charge in [-0.3, -0.25) is 29.9 Å². The first-order valence-electron chi connectivity index (χ1n) is 37.1. The number of hydrogen-bond acceptors (Lipinski definition) is 17. The van der Waals surface area contributed by atoms with Gasteiger partial charge in [0, 0.05) is 213 Å². The van der Waals surface area contributed by atoms with E-state index >= 15 is 0 Å². The zero-order valence-electron chi connectivity index (χ0n) is 65.8. The Balaban J connectivity index is 0.000000524. The first kappa shape index (κ1) is 88.5. The number of nitrogens with zero attached hydrogens (tertiary/aromatic N) is 16. The molecule has 20 heteroatoms. The Labute approximate surface area is 589 Å². The number of rotatable bonds is 12. The molecule has 0 amide bonds. The van der Waals surface area contributed by atoms with E-state index in [1.54, 1.807) is 12.4 Å². The molecule has 96 heavy (non-hydrogen) atoms. The van der Waals surface area contributed by atoms with Gasteiger partial charge in [-0.2, -0.15) is 10.2 Å². The number of aliphatic imine (C=N–C) groups is 1. The lowest BCUT2D eigenvalue weighted by Gasteiger charge is -2.19. The van der Waals surface area contributed by atoms with Crippen LogP contribution in [0.3, 0.4) is 0 Å². The highest BCUT2D eigenvalue weighted by Crippen LogP contribution is 2.11. The predicted molar refractivity (Wildman–Crippen MR) is 415 cm³/mol. The van der Waals surface area contributed by atoms with Crippen LogP contribution in [-0.2, 0) is 0 Å². The van der Waals surface area contributed by atoms with Crippen molar-refractivity contribution in [3.63, 3.8) is 0 Å². The van der Waals surface area contributed by atoms with Crippen molar-refractivity contribution >= 4 is 12.6 Å². The maximum atomic E-state index is 4.14. The van der Waals surface area contributed by atoms with Gasteiger partial charge in [-0.05, 0) is 229 Å². The van der Waals surface area contributed by atoms with Gasteiger partial charge in [0.05, 0.1) is 25.9 Å². The van der Waals surface area contributed by atoms with E-state index in [1.165, 1.54) is 58.4 Å². The number of aromatic nitrogens is 5. The zero-order valence-corrected chi connectivity index (χ0v) is 65.8. The average Bonchev–Trinajstić information content (AvgIpc) is 4.51. The van der Waals surface area contributed by atoms with Crippen molar-refractivity contribution in [1.82, 2.24) is 89.8 Å². The van der Waals surface area contributed by atoms with E-state index < -0.39 is 0 Å². The monoisotopic (exact) mass is 1340 g/mol. The standard InChI is InChI=1S/C7H15N.2C7H13N.C7H11N.C6H14N2.2C6H12N2.C6H10N2.C6H14N2.2C6H12N2.C6H10N2/c4*1-7(2)8-5-3-4-6-8;4*1-6(2)8-4-3-7-5-8;4*1-6(2)8-5-3-4-7-8/h7H,3-6H2,1-2H3;3,5,7H,4,6H2,1-2H3;3-4,7H,5-6H2,1-2H3;3-7H,1-2H3;6-7H,3-5H2,1-2H3;5-6H,3-4H2,1-2H3;3-4,6-7H,5H2,1-2H3;3-6H,1-2H3;6-7H,3-5H2,1-2H3;4,6H,3,5H2,1-2H3;3,5-7H,4H2,1-2H3;3-6H,1-2H3. The molecule has 4 N–H and O–H groups in total. The summed E-state index contributed by atoms with van der Waals surface area (Å²) >= 11 is 0. The Morgan fingerprint density at radius 2 is 1.05 bits per heavy atom. The number of imidazole rings is 1. The molecule has 0 bridgehead atoms. The summed E-state index contributed by atoms with van der Waals surface area (Å²) < 4.78 is 6.14. The van der Waals surface area contributed by atoms with Gasteiger partial charge in [-0.15, -0.1) is 0 Å². The van der Waals surface area contributed by atoms with Gasteiger partial charge in [-0.1, -0.05) is 24.3 Å². The Hall–Kier alpha value is -5.48. The van der Waals surface area contributed by atoms with Crippen molar-refractivity contribution in [3.8, 4) is 0 Å². The molecular formula is C76H148N20. The van der Waals surface area contributed by atoms with E-state index in [1.807, 2.05) is 60.4 Å². The first-order chi connectivity index (χ1) is 45.7. The highest BCUT2D eigenvalue weighted by molar-refractivity contribution is 5.58. The van der Waals surface area contributed by atoms with Crippen LogP contribution in [0.1, 0.15) is 216 Å². The number of likely N-dealkylation sites (tertiary alicyclic amines) is 1. The molecule has 12 heterocycles. The van der Waals surface area contributed by atoms with Crippen LogP contribution in [0.25, 0.3) is 0 Å². The summed E-state index contributed by atoms with van der Waals surface area (Å²) in [6.07, 6.45) is 41.0. The minimum atomic E-state index is 0.491. The molecule has 9 aliphatic heterocycles. The summed E-state index contributed by atoms with van der Waals surface area (Å²) in [6, 6.07) is 13.6.